The zero-order chi connectivity index (χ0) is 17.3. The molecule has 0 unspecified atom stereocenters. The van der Waals surface area contributed by atoms with Crippen molar-refractivity contribution in [3.8, 4) is 11.4 Å². The smallest absolute Gasteiger partial charge is 0.192 e. The molecule has 0 N–H and O–H groups in total. The van der Waals surface area contributed by atoms with E-state index in [0.29, 0.717) is 6.04 Å². The highest BCUT2D eigenvalue weighted by Gasteiger charge is 2.19. The third kappa shape index (κ3) is 3.39. The Morgan fingerprint density at radius 2 is 1.96 bits per heavy atom. The number of rotatable bonds is 5. The first-order valence-electron chi connectivity index (χ1n) is 7.85. The first-order valence-corrected chi connectivity index (χ1v) is 10.1. The van der Waals surface area contributed by atoms with Gasteiger partial charge in [-0.15, -0.1) is 21.5 Å². The third-order valence-corrected chi connectivity index (χ3v) is 6.40. The minimum absolute atomic E-state index is 0.295. The molecule has 3 nitrogen and oxygen atoms in total. The van der Waals surface area contributed by atoms with Crippen LogP contribution in [0.25, 0.3) is 11.4 Å². The van der Waals surface area contributed by atoms with Gasteiger partial charge in [-0.1, -0.05) is 41.6 Å². The Balaban J connectivity index is 1.92. The summed E-state index contributed by atoms with van der Waals surface area (Å²) < 4.78 is 2.22. The van der Waals surface area contributed by atoms with Crippen molar-refractivity contribution in [1.82, 2.24) is 14.8 Å². The molecular weight excluding hydrogens is 358 g/mol. The van der Waals surface area contributed by atoms with E-state index in [4.69, 9.17) is 11.6 Å². The van der Waals surface area contributed by atoms with Crippen molar-refractivity contribution in [2.24, 2.45) is 0 Å². The normalized spacial score (nSPS) is 11.4. The first kappa shape index (κ1) is 17.5. The SMILES string of the molecule is Cc1scc(-c2nnc(SCc3ccccc3Cl)n2C(C)C)c1C. The van der Waals surface area contributed by atoms with E-state index in [1.54, 1.807) is 23.1 Å². The van der Waals surface area contributed by atoms with E-state index in [-0.39, 0.29) is 0 Å². The van der Waals surface area contributed by atoms with Gasteiger partial charge in [-0.2, -0.15) is 0 Å². The number of thiophene rings is 1. The molecule has 0 spiro atoms. The molecule has 0 saturated carbocycles. The van der Waals surface area contributed by atoms with Gasteiger partial charge in [-0.3, -0.25) is 4.57 Å². The van der Waals surface area contributed by atoms with Crippen LogP contribution in [0.3, 0.4) is 0 Å². The summed E-state index contributed by atoms with van der Waals surface area (Å²) in [6, 6.07) is 8.24. The third-order valence-electron chi connectivity index (χ3n) is 4.02. The molecule has 0 amide bonds. The van der Waals surface area contributed by atoms with Crippen molar-refractivity contribution in [2.45, 2.75) is 44.6 Å². The van der Waals surface area contributed by atoms with Crippen LogP contribution in [0.5, 0.6) is 0 Å². The van der Waals surface area contributed by atoms with Crippen LogP contribution in [0.4, 0.5) is 0 Å². The minimum atomic E-state index is 0.295. The fourth-order valence-corrected chi connectivity index (χ4v) is 4.73. The highest BCUT2D eigenvalue weighted by molar-refractivity contribution is 7.98. The van der Waals surface area contributed by atoms with Crippen molar-refractivity contribution in [2.75, 3.05) is 0 Å². The molecular formula is C18H20ClN3S2. The summed E-state index contributed by atoms with van der Waals surface area (Å²) in [7, 11) is 0. The molecule has 24 heavy (non-hydrogen) atoms. The Kier molecular flexibility index (Phi) is 5.33. The van der Waals surface area contributed by atoms with Crippen LogP contribution in [0.1, 0.15) is 35.9 Å². The van der Waals surface area contributed by atoms with E-state index in [0.717, 1.165) is 27.3 Å². The molecule has 0 saturated heterocycles. The summed E-state index contributed by atoms with van der Waals surface area (Å²) in [4.78, 5) is 1.33. The van der Waals surface area contributed by atoms with Gasteiger partial charge >= 0.3 is 0 Å². The molecule has 2 aromatic heterocycles. The molecule has 0 bridgehead atoms. The number of nitrogens with zero attached hydrogens (tertiary/aromatic N) is 3. The molecule has 3 rings (SSSR count). The second-order valence-electron chi connectivity index (χ2n) is 5.98. The molecule has 0 aliphatic carbocycles. The van der Waals surface area contributed by atoms with Gasteiger partial charge in [-0.25, -0.2) is 0 Å². The topological polar surface area (TPSA) is 30.7 Å². The average molecular weight is 378 g/mol. The zero-order valence-electron chi connectivity index (χ0n) is 14.2. The second-order valence-corrected chi connectivity index (χ2v) is 8.41. The fourth-order valence-electron chi connectivity index (χ4n) is 2.52. The maximum absolute atomic E-state index is 6.26. The maximum Gasteiger partial charge on any atom is 0.192 e. The van der Waals surface area contributed by atoms with E-state index >= 15 is 0 Å². The van der Waals surface area contributed by atoms with Crippen LogP contribution in [0.2, 0.25) is 5.02 Å². The van der Waals surface area contributed by atoms with Gasteiger partial charge in [0.05, 0.1) is 0 Å². The Morgan fingerprint density at radius 1 is 1.21 bits per heavy atom. The summed E-state index contributed by atoms with van der Waals surface area (Å²) in [6.45, 7) is 8.63. The van der Waals surface area contributed by atoms with E-state index in [2.05, 4.69) is 53.9 Å². The van der Waals surface area contributed by atoms with Crippen molar-refractivity contribution >= 4 is 34.7 Å². The van der Waals surface area contributed by atoms with Gasteiger partial charge in [0.2, 0.25) is 0 Å². The molecule has 0 aliphatic rings. The van der Waals surface area contributed by atoms with Gasteiger partial charge in [-0.05, 0) is 44.9 Å². The number of thioether (sulfide) groups is 1. The lowest BCUT2D eigenvalue weighted by molar-refractivity contribution is 0.555. The Morgan fingerprint density at radius 3 is 2.58 bits per heavy atom. The number of aryl methyl sites for hydroxylation is 1. The van der Waals surface area contributed by atoms with Gasteiger partial charge in [0.25, 0.3) is 0 Å². The number of halogens is 1. The number of benzene rings is 1. The van der Waals surface area contributed by atoms with Gasteiger partial charge < -0.3 is 0 Å². The fraction of sp³-hybridized carbons (Fsp3) is 0.333. The van der Waals surface area contributed by atoms with Gasteiger partial charge in [0.15, 0.2) is 11.0 Å². The molecule has 126 valence electrons. The Hall–Kier alpha value is -1.30. The van der Waals surface area contributed by atoms with Crippen molar-refractivity contribution in [3.63, 3.8) is 0 Å². The lowest BCUT2D eigenvalue weighted by Crippen LogP contribution is -2.05. The molecule has 0 aliphatic heterocycles. The zero-order valence-corrected chi connectivity index (χ0v) is 16.6. The van der Waals surface area contributed by atoms with E-state index < -0.39 is 0 Å². The molecule has 3 aromatic rings. The number of hydrogen-bond acceptors (Lipinski definition) is 4. The summed E-state index contributed by atoms with van der Waals surface area (Å²) in [5.74, 6) is 1.74. The predicted octanol–water partition coefficient (Wildman–Crippen LogP) is 6.15. The van der Waals surface area contributed by atoms with E-state index in [1.165, 1.54) is 16.0 Å². The monoisotopic (exact) mass is 377 g/mol. The van der Waals surface area contributed by atoms with Crippen LogP contribution in [0, 0.1) is 13.8 Å². The van der Waals surface area contributed by atoms with Crippen LogP contribution < -0.4 is 0 Å². The van der Waals surface area contributed by atoms with Crippen molar-refractivity contribution < 1.29 is 0 Å². The molecule has 1 aromatic carbocycles. The summed E-state index contributed by atoms with van der Waals surface area (Å²) in [6.07, 6.45) is 0. The van der Waals surface area contributed by atoms with Crippen LogP contribution >= 0.6 is 34.7 Å². The molecule has 0 atom stereocenters. The van der Waals surface area contributed by atoms with E-state index in [9.17, 15) is 0 Å². The van der Waals surface area contributed by atoms with Gasteiger partial charge in [0.1, 0.15) is 0 Å². The summed E-state index contributed by atoms with van der Waals surface area (Å²) in [5.41, 5.74) is 3.59. The molecule has 0 fully saturated rings. The average Bonchev–Trinajstić information content (AvgIpc) is 3.11. The largest absolute Gasteiger partial charge is 0.299 e. The molecule has 6 heteroatoms. The van der Waals surface area contributed by atoms with Crippen LogP contribution in [-0.2, 0) is 5.75 Å². The number of aromatic nitrogens is 3. The Bertz CT molecular complexity index is 852. The maximum atomic E-state index is 6.26. The van der Waals surface area contributed by atoms with Crippen molar-refractivity contribution in [1.29, 1.82) is 0 Å². The van der Waals surface area contributed by atoms with Crippen molar-refractivity contribution in [3.05, 3.63) is 50.7 Å². The van der Waals surface area contributed by atoms with Crippen LogP contribution in [-0.4, -0.2) is 14.8 Å². The summed E-state index contributed by atoms with van der Waals surface area (Å²) in [5, 5.41) is 12.8. The highest BCUT2D eigenvalue weighted by atomic mass is 35.5. The molecule has 2 heterocycles. The minimum Gasteiger partial charge on any atom is -0.299 e. The predicted molar refractivity (Wildman–Crippen MR) is 104 cm³/mol. The molecule has 0 radical (unpaired) electrons. The number of hydrogen-bond donors (Lipinski definition) is 0. The lowest BCUT2D eigenvalue weighted by Gasteiger charge is -2.14. The quantitative estimate of drug-likeness (QED) is 0.499. The highest BCUT2D eigenvalue weighted by Crippen LogP contribution is 2.34. The first-order chi connectivity index (χ1) is 11.5. The summed E-state index contributed by atoms with van der Waals surface area (Å²) >= 11 is 9.70. The standard InChI is InChI=1S/C18H20ClN3S2/c1-11(2)22-17(15-10-23-13(4)12(15)3)20-21-18(22)24-9-14-7-5-6-8-16(14)19/h5-8,10-11H,9H2,1-4H3. The van der Waals surface area contributed by atoms with E-state index in [1.807, 2.05) is 18.2 Å². The second kappa shape index (κ2) is 7.30. The van der Waals surface area contributed by atoms with Gasteiger partial charge in [0, 0.05) is 32.6 Å². The Labute approximate surface area is 156 Å². The van der Waals surface area contributed by atoms with Crippen LogP contribution in [0.15, 0.2) is 34.8 Å². The lowest BCUT2D eigenvalue weighted by atomic mass is 10.1.